The summed E-state index contributed by atoms with van der Waals surface area (Å²) in [5, 5.41) is 4.97. The van der Waals surface area contributed by atoms with Crippen molar-refractivity contribution in [3.8, 4) is 0 Å². The first-order chi connectivity index (χ1) is 11.0. The number of halogens is 1. The molecule has 3 aromatic rings. The molecule has 0 aromatic heterocycles. The maximum absolute atomic E-state index is 6.08. The second-order valence-corrected chi connectivity index (χ2v) is 7.24. The lowest BCUT2D eigenvalue weighted by molar-refractivity contribution is 0.591. The summed E-state index contributed by atoms with van der Waals surface area (Å²) in [5.41, 5.74) is 9.35. The molecule has 0 saturated carbocycles. The molecule has 0 spiro atoms. The summed E-state index contributed by atoms with van der Waals surface area (Å²) in [7, 11) is 0. The number of benzene rings is 3. The predicted molar refractivity (Wildman–Crippen MR) is 103 cm³/mol. The molecule has 0 aliphatic rings. The van der Waals surface area contributed by atoms with Crippen molar-refractivity contribution in [3.63, 3.8) is 0 Å². The van der Waals surface area contributed by atoms with Crippen LogP contribution in [0.5, 0.6) is 0 Å². The maximum Gasteiger partial charge on any atom is 0.0480 e. The van der Waals surface area contributed by atoms with Crippen molar-refractivity contribution in [2.75, 3.05) is 0 Å². The molecule has 118 valence electrons. The Morgan fingerprint density at radius 3 is 2.30 bits per heavy atom. The first kappa shape index (κ1) is 15.9. The molecule has 0 radical (unpaired) electrons. The van der Waals surface area contributed by atoms with E-state index in [2.05, 4.69) is 63.2 Å². The van der Waals surface area contributed by atoms with Gasteiger partial charge < -0.3 is 5.73 Å². The van der Waals surface area contributed by atoms with Crippen molar-refractivity contribution in [1.82, 2.24) is 0 Å². The van der Waals surface area contributed by atoms with Crippen LogP contribution in [0.4, 0.5) is 0 Å². The maximum atomic E-state index is 6.08. The van der Waals surface area contributed by atoms with E-state index in [1.54, 1.807) is 6.20 Å². The van der Waals surface area contributed by atoms with Crippen LogP contribution < -0.4 is 5.73 Å². The highest BCUT2D eigenvalue weighted by atomic mass is 35.5. The lowest BCUT2D eigenvalue weighted by atomic mass is 9.85. The van der Waals surface area contributed by atoms with Gasteiger partial charge in [-0.25, -0.2) is 0 Å². The van der Waals surface area contributed by atoms with E-state index in [0.717, 1.165) is 11.1 Å². The third kappa shape index (κ3) is 2.82. The highest BCUT2D eigenvalue weighted by Crippen LogP contribution is 2.33. The molecule has 0 saturated heterocycles. The first-order valence-electron chi connectivity index (χ1n) is 7.89. The third-order valence-corrected chi connectivity index (χ3v) is 4.71. The molecule has 3 rings (SSSR count). The van der Waals surface area contributed by atoms with Gasteiger partial charge in [0.1, 0.15) is 0 Å². The van der Waals surface area contributed by atoms with Crippen LogP contribution in [0.3, 0.4) is 0 Å². The lowest BCUT2D eigenvalue weighted by Gasteiger charge is -2.20. The number of hydrogen-bond donors (Lipinski definition) is 1. The smallest absolute Gasteiger partial charge is 0.0480 e. The van der Waals surface area contributed by atoms with E-state index < -0.39 is 0 Å². The summed E-state index contributed by atoms with van der Waals surface area (Å²) in [6, 6.07) is 15.4. The van der Waals surface area contributed by atoms with Crippen LogP contribution in [0.25, 0.3) is 27.6 Å². The van der Waals surface area contributed by atoms with E-state index in [1.807, 2.05) is 6.08 Å². The average Bonchev–Trinajstić information content (AvgIpc) is 2.53. The topological polar surface area (TPSA) is 26.0 Å². The number of hydrogen-bond acceptors (Lipinski definition) is 1. The second-order valence-electron chi connectivity index (χ2n) is 6.98. The van der Waals surface area contributed by atoms with Crippen molar-refractivity contribution < 1.29 is 0 Å². The van der Waals surface area contributed by atoms with Crippen molar-refractivity contribution >= 4 is 39.2 Å². The first-order valence-corrected chi connectivity index (χ1v) is 8.42. The van der Waals surface area contributed by atoms with Crippen LogP contribution in [0.15, 0.2) is 48.7 Å². The Balaban J connectivity index is 2.34. The van der Waals surface area contributed by atoms with Gasteiger partial charge in [-0.2, -0.15) is 0 Å². The lowest BCUT2D eigenvalue weighted by Crippen LogP contribution is -2.10. The number of alkyl halides is 1. The molecule has 1 nitrogen and oxygen atoms in total. The van der Waals surface area contributed by atoms with Gasteiger partial charge in [-0.05, 0) is 55.9 Å². The number of nitrogens with two attached hydrogens (primary N) is 1. The van der Waals surface area contributed by atoms with Crippen LogP contribution in [0.1, 0.15) is 37.5 Å². The van der Waals surface area contributed by atoms with Gasteiger partial charge in [-0.15, -0.1) is 11.6 Å². The molecule has 23 heavy (non-hydrogen) atoms. The molecule has 0 atom stereocenters. The average molecular weight is 324 g/mol. The predicted octanol–water partition coefficient (Wildman–Crippen LogP) is 5.96. The Bertz CT molecular complexity index is 901. The summed E-state index contributed by atoms with van der Waals surface area (Å²) in [5.74, 6) is 0.483. The van der Waals surface area contributed by atoms with E-state index in [1.165, 1.54) is 27.1 Å². The molecule has 0 fully saturated rings. The third-order valence-electron chi connectivity index (χ3n) is 4.42. The van der Waals surface area contributed by atoms with Gasteiger partial charge >= 0.3 is 0 Å². The molecule has 0 aliphatic heterocycles. The summed E-state index contributed by atoms with van der Waals surface area (Å²) in [4.78, 5) is 0. The van der Waals surface area contributed by atoms with Gasteiger partial charge in [0.15, 0.2) is 0 Å². The summed E-state index contributed by atoms with van der Waals surface area (Å²) < 4.78 is 0. The van der Waals surface area contributed by atoms with E-state index in [-0.39, 0.29) is 5.41 Å². The summed E-state index contributed by atoms with van der Waals surface area (Å²) in [6.07, 6.45) is 3.52. The Kier molecular flexibility index (Phi) is 4.08. The van der Waals surface area contributed by atoms with Crippen molar-refractivity contribution in [2.24, 2.45) is 5.73 Å². The standard InChI is InChI=1S/C21H22ClN/c1-21(2,3)16-6-9-17-14(12-16)4-7-20-18(10-11-23)15(13-22)5-8-19(17)20/h4-12H,13,23H2,1-3H3/b11-10-. The molecule has 0 amide bonds. The van der Waals surface area contributed by atoms with Crippen LogP contribution in [-0.4, -0.2) is 0 Å². The van der Waals surface area contributed by atoms with E-state index in [0.29, 0.717) is 5.88 Å². The van der Waals surface area contributed by atoms with Crippen molar-refractivity contribution in [1.29, 1.82) is 0 Å². The van der Waals surface area contributed by atoms with Crippen molar-refractivity contribution in [3.05, 3.63) is 65.4 Å². The fourth-order valence-electron chi connectivity index (χ4n) is 3.09. The minimum absolute atomic E-state index is 0.152. The fraction of sp³-hybridized carbons (Fsp3) is 0.238. The summed E-state index contributed by atoms with van der Waals surface area (Å²) >= 11 is 6.08. The SMILES string of the molecule is CC(C)(C)c1ccc2c(ccc3c(/C=C\N)c(CCl)ccc32)c1. The zero-order chi connectivity index (χ0) is 16.6. The monoisotopic (exact) mass is 323 g/mol. The molecule has 0 aliphatic carbocycles. The Labute approximate surface area is 142 Å². The summed E-state index contributed by atoms with van der Waals surface area (Å²) in [6.45, 7) is 6.73. The van der Waals surface area contributed by atoms with E-state index in [4.69, 9.17) is 17.3 Å². The number of fused-ring (bicyclic) bond motifs is 3. The van der Waals surface area contributed by atoms with Gasteiger partial charge in [0, 0.05) is 5.88 Å². The van der Waals surface area contributed by atoms with Gasteiger partial charge in [-0.3, -0.25) is 0 Å². The van der Waals surface area contributed by atoms with Gasteiger partial charge in [0.25, 0.3) is 0 Å². The quantitative estimate of drug-likeness (QED) is 0.457. The van der Waals surface area contributed by atoms with Gasteiger partial charge in [0.05, 0.1) is 0 Å². The minimum Gasteiger partial charge on any atom is -0.405 e. The zero-order valence-electron chi connectivity index (χ0n) is 13.9. The van der Waals surface area contributed by atoms with Gasteiger partial charge in [-0.1, -0.05) is 63.2 Å². The molecule has 0 unspecified atom stereocenters. The largest absolute Gasteiger partial charge is 0.405 e. The highest BCUT2D eigenvalue weighted by molar-refractivity contribution is 6.18. The fourth-order valence-corrected chi connectivity index (χ4v) is 3.32. The Hall–Kier alpha value is -1.99. The van der Waals surface area contributed by atoms with Crippen LogP contribution in [0, 0.1) is 0 Å². The minimum atomic E-state index is 0.152. The van der Waals surface area contributed by atoms with E-state index in [9.17, 15) is 0 Å². The second kappa shape index (κ2) is 5.90. The molecule has 0 bridgehead atoms. The Morgan fingerprint density at radius 1 is 0.957 bits per heavy atom. The molecule has 2 heteroatoms. The van der Waals surface area contributed by atoms with Crippen LogP contribution in [0.2, 0.25) is 0 Å². The molecular weight excluding hydrogens is 302 g/mol. The van der Waals surface area contributed by atoms with Crippen molar-refractivity contribution in [2.45, 2.75) is 32.1 Å². The van der Waals surface area contributed by atoms with Gasteiger partial charge in [0.2, 0.25) is 0 Å². The normalized spacial score (nSPS) is 12.5. The van der Waals surface area contributed by atoms with Crippen LogP contribution >= 0.6 is 11.6 Å². The molecule has 2 N–H and O–H groups in total. The zero-order valence-corrected chi connectivity index (χ0v) is 14.6. The molecule has 0 heterocycles. The van der Waals surface area contributed by atoms with Crippen LogP contribution in [-0.2, 0) is 11.3 Å². The highest BCUT2D eigenvalue weighted by Gasteiger charge is 2.14. The molecular formula is C21H22ClN. The van der Waals surface area contributed by atoms with E-state index >= 15 is 0 Å². The number of rotatable bonds is 2. The Morgan fingerprint density at radius 2 is 1.65 bits per heavy atom. The molecule has 3 aromatic carbocycles.